The van der Waals surface area contributed by atoms with E-state index in [1.54, 1.807) is 0 Å². The molecule has 0 spiro atoms. The highest BCUT2D eigenvalue weighted by molar-refractivity contribution is 5.85. The molecule has 3 saturated carbocycles. The monoisotopic (exact) mass is 462 g/mol. The second kappa shape index (κ2) is 8.99. The smallest absolute Gasteiger partial charge is 0.331 e. The zero-order chi connectivity index (χ0) is 24.0. The van der Waals surface area contributed by atoms with Crippen LogP contribution in [0.25, 0.3) is 0 Å². The van der Waals surface area contributed by atoms with Crippen LogP contribution in [0.4, 0.5) is 0 Å². The fourth-order valence-corrected chi connectivity index (χ4v) is 8.35. The maximum absolute atomic E-state index is 12.4. The van der Waals surface area contributed by atoms with Gasteiger partial charge in [-0.05, 0) is 67.8 Å². The highest BCUT2D eigenvalue weighted by atomic mass is 16.5. The van der Waals surface area contributed by atoms with Crippen LogP contribution in [-0.4, -0.2) is 46.6 Å². The molecule has 0 radical (unpaired) electrons. The van der Waals surface area contributed by atoms with Crippen molar-refractivity contribution < 1.29 is 29.3 Å². The minimum Gasteiger partial charge on any atom is -0.462 e. The molecule has 6 heteroatoms. The highest BCUT2D eigenvalue weighted by Crippen LogP contribution is 2.67. The van der Waals surface area contributed by atoms with Crippen molar-refractivity contribution in [3.05, 3.63) is 11.6 Å². The third kappa shape index (κ3) is 4.05. The van der Waals surface area contributed by atoms with E-state index in [-0.39, 0.29) is 41.9 Å². The molecular weight excluding hydrogens is 420 g/mol. The van der Waals surface area contributed by atoms with Gasteiger partial charge in [0.25, 0.3) is 0 Å². The molecule has 0 unspecified atom stereocenters. The van der Waals surface area contributed by atoms with Crippen molar-refractivity contribution in [1.29, 1.82) is 0 Å². The molecule has 4 aliphatic rings. The molecule has 3 fully saturated rings. The number of fused-ring (bicyclic) bond motifs is 1. The van der Waals surface area contributed by atoms with E-state index in [1.807, 2.05) is 13.8 Å². The van der Waals surface area contributed by atoms with Gasteiger partial charge in [0.15, 0.2) is 0 Å². The van der Waals surface area contributed by atoms with Crippen molar-refractivity contribution in [2.75, 3.05) is 6.61 Å². The topological polar surface area (TPSA) is 93.1 Å². The van der Waals surface area contributed by atoms with E-state index in [9.17, 15) is 19.8 Å². The van der Waals surface area contributed by atoms with Crippen molar-refractivity contribution in [3.8, 4) is 0 Å². The predicted molar refractivity (Wildman–Crippen MR) is 124 cm³/mol. The van der Waals surface area contributed by atoms with Crippen LogP contribution in [0.2, 0.25) is 0 Å². The average Bonchev–Trinajstić information content (AvgIpc) is 3.19. The number of carbonyl (C=O) groups is 2. The van der Waals surface area contributed by atoms with Crippen LogP contribution in [0, 0.1) is 28.6 Å². The average molecular weight is 463 g/mol. The van der Waals surface area contributed by atoms with Crippen molar-refractivity contribution in [2.45, 2.75) is 110 Å². The SMILES string of the molecule is CC(=O)O[C@@H]1C[C@@H](C)[C@](O)(CCC2=CC(=O)OC2)[C@]2(C)[C@@H]1[C@](C)(C1CCCCC1)CC[C@@H]2O. The second-order valence-corrected chi connectivity index (χ2v) is 11.8. The summed E-state index contributed by atoms with van der Waals surface area (Å²) >= 11 is 0. The third-order valence-corrected chi connectivity index (χ3v) is 10.1. The zero-order valence-electron chi connectivity index (χ0n) is 20.8. The minimum absolute atomic E-state index is 0.117. The van der Waals surface area contributed by atoms with Crippen molar-refractivity contribution >= 4 is 11.9 Å². The van der Waals surface area contributed by atoms with Gasteiger partial charge in [-0.3, -0.25) is 4.79 Å². The molecule has 1 heterocycles. The summed E-state index contributed by atoms with van der Waals surface area (Å²) in [5.41, 5.74) is -1.19. The number of ether oxygens (including phenoxy) is 2. The van der Waals surface area contributed by atoms with Crippen molar-refractivity contribution in [1.82, 2.24) is 0 Å². The lowest BCUT2D eigenvalue weighted by atomic mass is 9.39. The first-order valence-corrected chi connectivity index (χ1v) is 13.0. The van der Waals surface area contributed by atoms with Crippen LogP contribution in [0.3, 0.4) is 0 Å². The van der Waals surface area contributed by atoms with E-state index in [4.69, 9.17) is 9.47 Å². The Morgan fingerprint density at radius 3 is 2.52 bits per heavy atom. The number of hydrogen-bond donors (Lipinski definition) is 2. The Morgan fingerprint density at radius 2 is 1.91 bits per heavy atom. The van der Waals surface area contributed by atoms with Crippen LogP contribution >= 0.6 is 0 Å². The van der Waals surface area contributed by atoms with Gasteiger partial charge in [-0.2, -0.15) is 0 Å². The fourth-order valence-electron chi connectivity index (χ4n) is 8.35. The number of aliphatic hydroxyl groups is 2. The molecule has 33 heavy (non-hydrogen) atoms. The van der Waals surface area contributed by atoms with Gasteiger partial charge in [0, 0.05) is 24.3 Å². The molecular formula is C27H42O6. The van der Waals surface area contributed by atoms with E-state index < -0.39 is 17.1 Å². The van der Waals surface area contributed by atoms with Crippen LogP contribution < -0.4 is 0 Å². The first-order chi connectivity index (χ1) is 15.5. The summed E-state index contributed by atoms with van der Waals surface area (Å²) in [5.74, 6) is -0.405. The molecule has 6 nitrogen and oxygen atoms in total. The zero-order valence-corrected chi connectivity index (χ0v) is 20.8. The Labute approximate surface area is 198 Å². The number of cyclic esters (lactones) is 1. The van der Waals surface area contributed by atoms with Crippen LogP contribution in [0.1, 0.15) is 91.9 Å². The van der Waals surface area contributed by atoms with Gasteiger partial charge in [-0.15, -0.1) is 0 Å². The molecule has 0 amide bonds. The van der Waals surface area contributed by atoms with Crippen LogP contribution in [0.5, 0.6) is 0 Å². The Kier molecular flexibility index (Phi) is 6.74. The summed E-state index contributed by atoms with van der Waals surface area (Å²) in [6, 6.07) is 0. The Balaban J connectivity index is 1.74. The number of hydrogen-bond acceptors (Lipinski definition) is 6. The lowest BCUT2D eigenvalue weighted by Gasteiger charge is -2.68. The van der Waals surface area contributed by atoms with E-state index in [0.29, 0.717) is 31.6 Å². The minimum atomic E-state index is -1.14. The molecule has 2 N–H and O–H groups in total. The Morgan fingerprint density at radius 1 is 1.21 bits per heavy atom. The molecule has 0 aromatic carbocycles. The Bertz CT molecular complexity index is 800. The van der Waals surface area contributed by atoms with E-state index in [0.717, 1.165) is 24.8 Å². The molecule has 186 valence electrons. The Hall–Kier alpha value is -1.40. The van der Waals surface area contributed by atoms with Gasteiger partial charge >= 0.3 is 11.9 Å². The summed E-state index contributed by atoms with van der Waals surface area (Å²) in [5, 5.41) is 24.0. The standard InChI is InChI=1S/C27H42O6/c1-17-14-21(33-18(2)28)24-25(3,20-8-6-5-7-9-20)12-11-22(29)26(24,4)27(17,31)13-10-19-15-23(30)32-16-19/h15,17,20-22,24,29,31H,5-14,16H2,1-4H3/t17-,21-,22+,24+,25+,26+,27-/m1/s1. The number of aliphatic hydroxyl groups excluding tert-OH is 1. The summed E-state index contributed by atoms with van der Waals surface area (Å²) in [7, 11) is 0. The summed E-state index contributed by atoms with van der Waals surface area (Å²) < 4.78 is 11.1. The van der Waals surface area contributed by atoms with Crippen LogP contribution in [0.15, 0.2) is 11.6 Å². The molecule has 0 saturated heterocycles. The third-order valence-electron chi connectivity index (χ3n) is 10.1. The maximum atomic E-state index is 12.4. The molecule has 7 atom stereocenters. The number of rotatable bonds is 5. The maximum Gasteiger partial charge on any atom is 0.331 e. The van der Waals surface area contributed by atoms with Gasteiger partial charge in [0.05, 0.1) is 11.7 Å². The van der Waals surface area contributed by atoms with Gasteiger partial charge in [0.1, 0.15) is 12.7 Å². The first-order valence-electron chi connectivity index (χ1n) is 13.0. The molecule has 4 rings (SSSR count). The van der Waals surface area contributed by atoms with Gasteiger partial charge in [0.2, 0.25) is 0 Å². The first kappa shape index (κ1) is 24.7. The summed E-state index contributed by atoms with van der Waals surface area (Å²) in [4.78, 5) is 23.7. The summed E-state index contributed by atoms with van der Waals surface area (Å²) in [6.45, 7) is 8.13. The summed E-state index contributed by atoms with van der Waals surface area (Å²) in [6.07, 6.45) is 9.66. The van der Waals surface area contributed by atoms with E-state index >= 15 is 0 Å². The lowest BCUT2D eigenvalue weighted by molar-refractivity contribution is -0.291. The van der Waals surface area contributed by atoms with Gasteiger partial charge in [-0.1, -0.05) is 40.0 Å². The van der Waals surface area contributed by atoms with Crippen molar-refractivity contribution in [3.63, 3.8) is 0 Å². The normalized spacial score (nSPS) is 44.1. The molecule has 0 bridgehead atoms. The number of carbonyl (C=O) groups excluding carboxylic acids is 2. The molecule has 0 aromatic heterocycles. The largest absolute Gasteiger partial charge is 0.462 e. The second-order valence-electron chi connectivity index (χ2n) is 11.8. The highest BCUT2D eigenvalue weighted by Gasteiger charge is 2.70. The van der Waals surface area contributed by atoms with Gasteiger partial charge < -0.3 is 19.7 Å². The van der Waals surface area contributed by atoms with E-state index in [2.05, 4.69) is 6.92 Å². The lowest BCUT2D eigenvalue weighted by Crippen LogP contribution is -2.72. The predicted octanol–water partition coefficient (Wildman–Crippen LogP) is 4.32. The fraction of sp³-hybridized carbons (Fsp3) is 0.852. The molecule has 1 aliphatic heterocycles. The van der Waals surface area contributed by atoms with Crippen molar-refractivity contribution in [2.24, 2.45) is 28.6 Å². The van der Waals surface area contributed by atoms with Gasteiger partial charge in [-0.25, -0.2) is 4.79 Å². The van der Waals surface area contributed by atoms with Crippen LogP contribution in [-0.2, 0) is 19.1 Å². The number of esters is 2. The van der Waals surface area contributed by atoms with E-state index in [1.165, 1.54) is 32.3 Å². The quantitative estimate of drug-likeness (QED) is 0.591. The molecule has 3 aliphatic carbocycles. The molecule has 0 aromatic rings.